The Morgan fingerprint density at radius 1 is 1.16 bits per heavy atom. The molecule has 0 spiro atoms. The summed E-state index contributed by atoms with van der Waals surface area (Å²) in [6.07, 6.45) is 2.53. The van der Waals surface area contributed by atoms with Gasteiger partial charge in [0.15, 0.2) is 5.65 Å². The van der Waals surface area contributed by atoms with Crippen molar-refractivity contribution >= 4 is 11.2 Å². The van der Waals surface area contributed by atoms with E-state index >= 15 is 0 Å². The Morgan fingerprint density at radius 3 is 2.68 bits per heavy atom. The van der Waals surface area contributed by atoms with E-state index in [2.05, 4.69) is 21.5 Å². The van der Waals surface area contributed by atoms with Crippen molar-refractivity contribution in [3.63, 3.8) is 0 Å². The van der Waals surface area contributed by atoms with Crippen molar-refractivity contribution < 1.29 is 5.11 Å². The van der Waals surface area contributed by atoms with Gasteiger partial charge in [-0.3, -0.25) is 0 Å². The second-order valence-electron chi connectivity index (χ2n) is 4.46. The first-order valence-electron chi connectivity index (χ1n) is 6.36. The highest BCUT2D eigenvalue weighted by atomic mass is 16.3. The molecule has 0 aliphatic heterocycles. The monoisotopic (exact) mass is 253 g/mol. The number of benzene rings is 1. The van der Waals surface area contributed by atoms with Crippen LogP contribution in [0, 0.1) is 0 Å². The Labute approximate surface area is 111 Å². The van der Waals surface area contributed by atoms with Gasteiger partial charge in [-0.05, 0) is 36.8 Å². The Bertz CT molecular complexity index is 701. The van der Waals surface area contributed by atoms with Crippen molar-refractivity contribution in [2.45, 2.75) is 19.9 Å². The molecule has 0 aliphatic carbocycles. The lowest BCUT2D eigenvalue weighted by atomic mass is 10.1. The molecule has 0 bridgehead atoms. The maximum atomic E-state index is 9.31. The lowest BCUT2D eigenvalue weighted by molar-refractivity contribution is 0.475. The molecule has 3 rings (SSSR count). The molecule has 0 saturated carbocycles. The third kappa shape index (κ3) is 2.17. The van der Waals surface area contributed by atoms with E-state index in [0.29, 0.717) is 0 Å². The van der Waals surface area contributed by atoms with E-state index in [9.17, 15) is 5.11 Å². The predicted molar refractivity (Wildman–Crippen MR) is 74.1 cm³/mol. The number of nitrogens with zero attached hydrogens (tertiary/aromatic N) is 3. The first-order chi connectivity index (χ1) is 9.28. The van der Waals surface area contributed by atoms with Crippen LogP contribution in [0.5, 0.6) is 5.75 Å². The summed E-state index contributed by atoms with van der Waals surface area (Å²) in [6.45, 7) is 2.94. The average molecular weight is 253 g/mol. The van der Waals surface area contributed by atoms with Gasteiger partial charge in [-0.25, -0.2) is 9.97 Å². The van der Waals surface area contributed by atoms with Crippen LogP contribution in [-0.4, -0.2) is 19.6 Å². The summed E-state index contributed by atoms with van der Waals surface area (Å²) in [5.74, 6) is 1.29. The molecule has 1 N–H and O–H groups in total. The largest absolute Gasteiger partial charge is 0.508 e. The Hall–Kier alpha value is -2.36. The second-order valence-corrected chi connectivity index (χ2v) is 4.46. The van der Waals surface area contributed by atoms with Gasteiger partial charge in [0.05, 0.1) is 0 Å². The summed E-state index contributed by atoms with van der Waals surface area (Å²) >= 11 is 0. The lowest BCUT2D eigenvalue weighted by Crippen LogP contribution is -2.03. The van der Waals surface area contributed by atoms with E-state index in [1.54, 1.807) is 18.3 Å². The van der Waals surface area contributed by atoms with Crippen LogP contribution in [0.15, 0.2) is 42.6 Å². The van der Waals surface area contributed by atoms with Crippen molar-refractivity contribution in [2.75, 3.05) is 0 Å². The zero-order valence-electron chi connectivity index (χ0n) is 10.7. The first-order valence-corrected chi connectivity index (χ1v) is 6.36. The summed E-state index contributed by atoms with van der Waals surface area (Å²) in [5, 5.41) is 9.31. The molecule has 0 amide bonds. The van der Waals surface area contributed by atoms with Crippen LogP contribution in [0.25, 0.3) is 11.2 Å². The number of rotatable bonds is 3. The van der Waals surface area contributed by atoms with Gasteiger partial charge in [0, 0.05) is 19.2 Å². The average Bonchev–Trinajstić information content (AvgIpc) is 2.78. The highest BCUT2D eigenvalue weighted by Crippen LogP contribution is 2.18. The summed E-state index contributed by atoms with van der Waals surface area (Å²) in [6, 6.07) is 11.1. The van der Waals surface area contributed by atoms with Gasteiger partial charge in [-0.2, -0.15) is 0 Å². The minimum Gasteiger partial charge on any atom is -0.508 e. The predicted octanol–water partition coefficient (Wildman–Crippen LogP) is 2.75. The molecule has 19 heavy (non-hydrogen) atoms. The van der Waals surface area contributed by atoms with Crippen LogP contribution in [0.3, 0.4) is 0 Å². The van der Waals surface area contributed by atoms with Crippen molar-refractivity contribution in [2.24, 2.45) is 0 Å². The van der Waals surface area contributed by atoms with E-state index in [0.717, 1.165) is 35.5 Å². The summed E-state index contributed by atoms with van der Waals surface area (Å²) in [4.78, 5) is 9.03. The van der Waals surface area contributed by atoms with Crippen LogP contribution in [-0.2, 0) is 13.0 Å². The van der Waals surface area contributed by atoms with Crippen molar-refractivity contribution in [3.05, 3.63) is 54.0 Å². The van der Waals surface area contributed by atoms with E-state index in [1.807, 2.05) is 24.3 Å². The summed E-state index contributed by atoms with van der Waals surface area (Å²) in [5.41, 5.74) is 2.99. The molecular weight excluding hydrogens is 238 g/mol. The molecule has 0 aliphatic rings. The van der Waals surface area contributed by atoms with Crippen LogP contribution >= 0.6 is 0 Å². The van der Waals surface area contributed by atoms with Gasteiger partial charge in [0.25, 0.3) is 0 Å². The smallest absolute Gasteiger partial charge is 0.159 e. The molecule has 4 heteroatoms. The van der Waals surface area contributed by atoms with E-state index in [-0.39, 0.29) is 5.75 Å². The molecule has 0 atom stereocenters. The molecule has 0 unspecified atom stereocenters. The van der Waals surface area contributed by atoms with Gasteiger partial charge in [0.1, 0.15) is 17.1 Å². The van der Waals surface area contributed by atoms with E-state index < -0.39 is 0 Å². The third-order valence-electron chi connectivity index (χ3n) is 3.20. The van der Waals surface area contributed by atoms with Gasteiger partial charge >= 0.3 is 0 Å². The van der Waals surface area contributed by atoms with Crippen LogP contribution in [0.2, 0.25) is 0 Å². The Balaban J connectivity index is 2.02. The normalized spacial score (nSPS) is 11.0. The molecule has 96 valence electrons. The quantitative estimate of drug-likeness (QED) is 0.780. The molecule has 4 nitrogen and oxygen atoms in total. The minimum atomic E-state index is 0.286. The van der Waals surface area contributed by atoms with Crippen molar-refractivity contribution in [3.8, 4) is 5.75 Å². The summed E-state index contributed by atoms with van der Waals surface area (Å²) in [7, 11) is 0. The first kappa shape index (κ1) is 11.7. The number of aryl methyl sites for hydroxylation is 1. The van der Waals surface area contributed by atoms with Crippen LogP contribution in [0.4, 0.5) is 0 Å². The maximum Gasteiger partial charge on any atom is 0.159 e. The number of imidazole rings is 1. The van der Waals surface area contributed by atoms with Gasteiger partial charge < -0.3 is 9.67 Å². The number of pyridine rings is 1. The zero-order chi connectivity index (χ0) is 13.2. The minimum absolute atomic E-state index is 0.286. The number of aromatic nitrogens is 3. The number of fused-ring (bicyclic) bond motifs is 1. The summed E-state index contributed by atoms with van der Waals surface area (Å²) < 4.78 is 2.13. The SMILES string of the molecule is CCn1c(Cc2ccc(O)cc2)nc2cccnc21. The van der Waals surface area contributed by atoms with Gasteiger partial charge in [-0.1, -0.05) is 12.1 Å². The molecule has 1 aromatic carbocycles. The van der Waals surface area contributed by atoms with Gasteiger partial charge in [-0.15, -0.1) is 0 Å². The third-order valence-corrected chi connectivity index (χ3v) is 3.20. The molecular formula is C15H15N3O. The zero-order valence-corrected chi connectivity index (χ0v) is 10.7. The van der Waals surface area contributed by atoms with Gasteiger partial charge in [0.2, 0.25) is 0 Å². The van der Waals surface area contributed by atoms with Crippen molar-refractivity contribution in [1.29, 1.82) is 0 Å². The Morgan fingerprint density at radius 2 is 1.95 bits per heavy atom. The standard InChI is InChI=1S/C15H15N3O/c1-2-18-14(10-11-5-7-12(19)8-6-11)17-13-4-3-9-16-15(13)18/h3-9,19H,2,10H2,1H3. The fourth-order valence-corrected chi connectivity index (χ4v) is 2.27. The van der Waals surface area contributed by atoms with Crippen molar-refractivity contribution in [1.82, 2.24) is 14.5 Å². The number of aromatic hydroxyl groups is 1. The molecule has 2 aromatic heterocycles. The fourth-order valence-electron chi connectivity index (χ4n) is 2.27. The topological polar surface area (TPSA) is 50.9 Å². The molecule has 0 radical (unpaired) electrons. The highest BCUT2D eigenvalue weighted by Gasteiger charge is 2.10. The van der Waals surface area contributed by atoms with Crippen LogP contribution in [0.1, 0.15) is 18.3 Å². The number of phenols is 1. The maximum absolute atomic E-state index is 9.31. The Kier molecular flexibility index (Phi) is 2.91. The lowest BCUT2D eigenvalue weighted by Gasteiger charge is -2.05. The fraction of sp³-hybridized carbons (Fsp3) is 0.200. The van der Waals surface area contributed by atoms with Crippen LogP contribution < -0.4 is 0 Å². The number of phenolic OH excluding ortho intramolecular Hbond substituents is 1. The highest BCUT2D eigenvalue weighted by molar-refractivity contribution is 5.71. The second kappa shape index (κ2) is 4.72. The molecule has 2 heterocycles. The number of hydrogen-bond acceptors (Lipinski definition) is 3. The molecule has 0 saturated heterocycles. The molecule has 3 aromatic rings. The number of hydrogen-bond donors (Lipinski definition) is 1. The molecule has 0 fully saturated rings. The van der Waals surface area contributed by atoms with E-state index in [1.165, 1.54) is 0 Å². The van der Waals surface area contributed by atoms with E-state index in [4.69, 9.17) is 0 Å².